The lowest BCUT2D eigenvalue weighted by molar-refractivity contribution is -0.384. The highest BCUT2D eigenvalue weighted by Gasteiger charge is 2.31. The van der Waals surface area contributed by atoms with Crippen LogP contribution in [-0.4, -0.2) is 20.9 Å². The van der Waals surface area contributed by atoms with E-state index in [0.29, 0.717) is 5.56 Å². The standard InChI is InChI=1S/C15H9NO6/c17-11-5-4-10-13(18)12(22-15(10)14(11)19)7-8-2-1-3-9(6-8)16(20)21/h1-7,17,19H/b12-7+. The molecule has 110 valence electrons. The zero-order chi connectivity index (χ0) is 15.9. The SMILES string of the molecule is O=C1/C(=C\c2cccc([N+](=O)[O-])c2)Oc2c1ccc(O)c2O. The molecule has 22 heavy (non-hydrogen) atoms. The quantitative estimate of drug-likeness (QED) is 0.382. The topological polar surface area (TPSA) is 110 Å². The van der Waals surface area contributed by atoms with Gasteiger partial charge in [-0.2, -0.15) is 0 Å². The van der Waals surface area contributed by atoms with Crippen molar-refractivity contribution < 1.29 is 24.7 Å². The minimum Gasteiger partial charge on any atom is -0.504 e. The van der Waals surface area contributed by atoms with Crippen LogP contribution in [-0.2, 0) is 0 Å². The van der Waals surface area contributed by atoms with Crippen LogP contribution in [0.3, 0.4) is 0 Å². The number of carbonyl (C=O) groups excluding carboxylic acids is 1. The summed E-state index contributed by atoms with van der Waals surface area (Å²) in [6.45, 7) is 0. The van der Waals surface area contributed by atoms with Crippen LogP contribution in [0.4, 0.5) is 5.69 Å². The van der Waals surface area contributed by atoms with Crippen molar-refractivity contribution in [1.29, 1.82) is 0 Å². The predicted octanol–water partition coefficient (Wildman–Crippen LogP) is 2.62. The van der Waals surface area contributed by atoms with Crippen LogP contribution < -0.4 is 4.74 Å². The molecule has 0 amide bonds. The molecule has 0 spiro atoms. The minimum absolute atomic E-state index is 0.0867. The molecule has 2 N–H and O–H groups in total. The van der Waals surface area contributed by atoms with Gasteiger partial charge in [-0.15, -0.1) is 0 Å². The highest BCUT2D eigenvalue weighted by atomic mass is 16.6. The number of hydrogen-bond acceptors (Lipinski definition) is 6. The van der Waals surface area contributed by atoms with Gasteiger partial charge < -0.3 is 14.9 Å². The Morgan fingerprint density at radius 1 is 1.18 bits per heavy atom. The lowest BCUT2D eigenvalue weighted by atomic mass is 10.1. The van der Waals surface area contributed by atoms with Crippen molar-refractivity contribution >= 4 is 17.5 Å². The molecule has 2 aromatic carbocycles. The van der Waals surface area contributed by atoms with Crippen molar-refractivity contribution in [1.82, 2.24) is 0 Å². The van der Waals surface area contributed by atoms with E-state index in [4.69, 9.17) is 4.74 Å². The van der Waals surface area contributed by atoms with Gasteiger partial charge in [0, 0.05) is 12.1 Å². The third-order valence-electron chi connectivity index (χ3n) is 3.17. The molecule has 0 aliphatic carbocycles. The van der Waals surface area contributed by atoms with Gasteiger partial charge in [0.2, 0.25) is 11.5 Å². The Labute approximate surface area is 123 Å². The average Bonchev–Trinajstić information content (AvgIpc) is 2.81. The third-order valence-corrected chi connectivity index (χ3v) is 3.17. The molecule has 1 aliphatic heterocycles. The molecule has 7 heteroatoms. The van der Waals surface area contributed by atoms with Gasteiger partial charge >= 0.3 is 0 Å². The number of nitro groups is 1. The van der Waals surface area contributed by atoms with Crippen LogP contribution in [0.15, 0.2) is 42.2 Å². The van der Waals surface area contributed by atoms with E-state index in [2.05, 4.69) is 0 Å². The highest BCUT2D eigenvalue weighted by molar-refractivity contribution is 6.15. The molecule has 0 radical (unpaired) electrons. The maximum absolute atomic E-state index is 12.2. The van der Waals surface area contributed by atoms with Crippen LogP contribution in [0.1, 0.15) is 15.9 Å². The Bertz CT molecular complexity index is 840. The number of phenolic OH excluding ortho intramolecular Hbond substituents is 2. The summed E-state index contributed by atoms with van der Waals surface area (Å²) >= 11 is 0. The normalized spacial score (nSPS) is 14.7. The third kappa shape index (κ3) is 2.14. The van der Waals surface area contributed by atoms with Crippen LogP contribution in [0, 0.1) is 10.1 Å². The van der Waals surface area contributed by atoms with Crippen molar-refractivity contribution in [2.45, 2.75) is 0 Å². The van der Waals surface area contributed by atoms with Gasteiger partial charge in [0.25, 0.3) is 5.69 Å². The number of carbonyl (C=O) groups is 1. The molecule has 2 aromatic rings. The van der Waals surface area contributed by atoms with Crippen LogP contribution >= 0.6 is 0 Å². The van der Waals surface area contributed by atoms with E-state index in [1.165, 1.54) is 36.4 Å². The number of ether oxygens (including phenoxy) is 1. The number of benzene rings is 2. The lowest BCUT2D eigenvalue weighted by Gasteiger charge is -2.02. The molecule has 0 saturated heterocycles. The Hall–Kier alpha value is -3.35. The highest BCUT2D eigenvalue weighted by Crippen LogP contribution is 2.44. The number of allylic oxidation sites excluding steroid dienone is 1. The number of aromatic hydroxyl groups is 2. The molecule has 3 rings (SSSR count). The fraction of sp³-hybridized carbons (Fsp3) is 0. The first-order valence-corrected chi connectivity index (χ1v) is 6.21. The van der Waals surface area contributed by atoms with Crippen molar-refractivity contribution in [2.24, 2.45) is 0 Å². The Balaban J connectivity index is 2.01. The van der Waals surface area contributed by atoms with Gasteiger partial charge in [-0.1, -0.05) is 12.1 Å². The second kappa shape index (κ2) is 4.88. The number of Topliss-reactive ketones (excluding diaryl/α,β-unsaturated/α-hetero) is 1. The molecule has 7 nitrogen and oxygen atoms in total. The Morgan fingerprint density at radius 2 is 1.95 bits per heavy atom. The molecule has 0 unspecified atom stereocenters. The molecular formula is C15H9NO6. The largest absolute Gasteiger partial charge is 0.504 e. The van der Waals surface area contributed by atoms with Crippen molar-refractivity contribution in [3.05, 3.63) is 63.4 Å². The number of rotatable bonds is 2. The van der Waals surface area contributed by atoms with Gasteiger partial charge in [0.05, 0.1) is 10.5 Å². The summed E-state index contributed by atoms with van der Waals surface area (Å²) < 4.78 is 5.27. The van der Waals surface area contributed by atoms with E-state index in [0.717, 1.165) is 0 Å². The summed E-state index contributed by atoms with van der Waals surface area (Å²) in [5, 5.41) is 29.8. The van der Waals surface area contributed by atoms with Crippen LogP contribution in [0.2, 0.25) is 0 Å². The average molecular weight is 299 g/mol. The number of nitrogens with zero attached hydrogens (tertiary/aromatic N) is 1. The summed E-state index contributed by atoms with van der Waals surface area (Å²) in [6, 6.07) is 8.21. The number of non-ortho nitro benzene ring substituents is 1. The monoisotopic (exact) mass is 299 g/mol. The molecule has 1 heterocycles. The van der Waals surface area contributed by atoms with Crippen molar-refractivity contribution in [3.63, 3.8) is 0 Å². The van der Waals surface area contributed by atoms with Gasteiger partial charge in [0.15, 0.2) is 17.3 Å². The summed E-state index contributed by atoms with van der Waals surface area (Å²) in [7, 11) is 0. The molecule has 1 aliphatic rings. The number of ketones is 1. The maximum atomic E-state index is 12.2. The van der Waals surface area contributed by atoms with Gasteiger partial charge in [-0.05, 0) is 23.8 Å². The first-order valence-electron chi connectivity index (χ1n) is 6.21. The van der Waals surface area contributed by atoms with Gasteiger partial charge in [0.1, 0.15) is 0 Å². The fourth-order valence-corrected chi connectivity index (χ4v) is 2.11. The lowest BCUT2D eigenvalue weighted by Crippen LogP contribution is -1.98. The molecule has 0 saturated carbocycles. The molecule has 0 aromatic heterocycles. The van der Waals surface area contributed by atoms with E-state index >= 15 is 0 Å². The Kier molecular flexibility index (Phi) is 3.03. The molecule has 0 fully saturated rings. The molecular weight excluding hydrogens is 290 g/mol. The number of phenols is 2. The van der Waals surface area contributed by atoms with Crippen molar-refractivity contribution in [2.75, 3.05) is 0 Å². The summed E-state index contributed by atoms with van der Waals surface area (Å²) in [5.41, 5.74) is 0.416. The second-order valence-corrected chi connectivity index (χ2v) is 4.60. The number of nitro benzene ring substituents is 1. The van der Waals surface area contributed by atoms with Gasteiger partial charge in [-0.3, -0.25) is 14.9 Å². The predicted molar refractivity (Wildman–Crippen MR) is 75.8 cm³/mol. The summed E-state index contributed by atoms with van der Waals surface area (Å²) in [5.74, 6) is -1.61. The smallest absolute Gasteiger partial charge is 0.270 e. The summed E-state index contributed by atoms with van der Waals surface area (Å²) in [6.07, 6.45) is 1.34. The van der Waals surface area contributed by atoms with Crippen LogP contribution in [0.5, 0.6) is 17.2 Å². The van der Waals surface area contributed by atoms with E-state index in [-0.39, 0.29) is 22.8 Å². The Morgan fingerprint density at radius 3 is 2.68 bits per heavy atom. The number of fused-ring (bicyclic) bond motifs is 1. The first kappa shape index (κ1) is 13.6. The van der Waals surface area contributed by atoms with E-state index in [1.54, 1.807) is 6.07 Å². The maximum Gasteiger partial charge on any atom is 0.270 e. The van der Waals surface area contributed by atoms with E-state index in [1.807, 2.05) is 0 Å². The molecule has 0 bridgehead atoms. The fourth-order valence-electron chi connectivity index (χ4n) is 2.11. The minimum atomic E-state index is -0.544. The first-order chi connectivity index (χ1) is 10.5. The molecule has 0 atom stereocenters. The van der Waals surface area contributed by atoms with Gasteiger partial charge in [-0.25, -0.2) is 0 Å². The van der Waals surface area contributed by atoms with E-state index in [9.17, 15) is 25.1 Å². The van der Waals surface area contributed by atoms with Crippen molar-refractivity contribution in [3.8, 4) is 17.2 Å². The van der Waals surface area contributed by atoms with Crippen LogP contribution in [0.25, 0.3) is 6.08 Å². The zero-order valence-corrected chi connectivity index (χ0v) is 11.0. The zero-order valence-electron chi connectivity index (χ0n) is 11.0. The second-order valence-electron chi connectivity index (χ2n) is 4.60. The van der Waals surface area contributed by atoms with E-state index < -0.39 is 22.2 Å². The summed E-state index contributed by atoms with van der Waals surface area (Å²) in [4.78, 5) is 22.4. The number of hydrogen-bond donors (Lipinski definition) is 2.